The molecule has 1 amide bonds. The maximum atomic E-state index is 11.0. The Hall–Kier alpha value is -1.55. The molecule has 2 fully saturated rings. The van der Waals surface area contributed by atoms with Crippen LogP contribution in [0.15, 0.2) is 24.3 Å². The summed E-state index contributed by atoms with van der Waals surface area (Å²) in [5.74, 6) is 0.861. The van der Waals surface area contributed by atoms with Crippen molar-refractivity contribution in [3.8, 4) is 5.75 Å². The molecule has 3 atom stereocenters. The maximum absolute atomic E-state index is 11.0. The van der Waals surface area contributed by atoms with E-state index in [1.54, 1.807) is 6.07 Å². The Labute approximate surface area is 126 Å². The molecular formula is C17H24N2O2. The average molecular weight is 288 g/mol. The van der Waals surface area contributed by atoms with Crippen molar-refractivity contribution < 1.29 is 9.90 Å². The van der Waals surface area contributed by atoms with Gasteiger partial charge in [-0.3, -0.25) is 9.69 Å². The molecule has 1 aromatic carbocycles. The van der Waals surface area contributed by atoms with Crippen LogP contribution in [0.1, 0.15) is 25.8 Å². The van der Waals surface area contributed by atoms with Crippen molar-refractivity contribution >= 4 is 6.41 Å². The molecule has 0 radical (unpaired) electrons. The molecule has 2 aliphatic rings. The Bertz CT molecular complexity index is 533. The standard InChI is InChI=1S/C17H24N2O2/c1-13-10-19-7-6-18(12-20)11-15(19)9-17(13,2)14-4-3-5-16(21)8-14/h3-5,8,12-13,15,21H,6-7,9-11H2,1-2H3/t13-,15+,17+/m0/s1. The van der Waals surface area contributed by atoms with E-state index < -0.39 is 0 Å². The summed E-state index contributed by atoms with van der Waals surface area (Å²) in [6.45, 7) is 8.30. The normalized spacial score (nSPS) is 33.5. The number of rotatable bonds is 2. The van der Waals surface area contributed by atoms with E-state index in [-0.39, 0.29) is 5.41 Å². The van der Waals surface area contributed by atoms with Crippen LogP contribution in [0.5, 0.6) is 5.75 Å². The Kier molecular flexibility index (Phi) is 3.66. The predicted octanol–water partition coefficient (Wildman–Crippen LogP) is 1.83. The molecule has 2 heterocycles. The summed E-state index contributed by atoms with van der Waals surface area (Å²) < 4.78 is 0. The van der Waals surface area contributed by atoms with Crippen LogP contribution in [0.25, 0.3) is 0 Å². The van der Waals surface area contributed by atoms with Gasteiger partial charge in [0.2, 0.25) is 6.41 Å². The van der Waals surface area contributed by atoms with E-state index >= 15 is 0 Å². The number of hydrogen-bond acceptors (Lipinski definition) is 3. The third-order valence-electron chi connectivity index (χ3n) is 5.55. The molecule has 4 nitrogen and oxygen atoms in total. The second-order valence-corrected chi connectivity index (χ2v) is 6.82. The topological polar surface area (TPSA) is 43.8 Å². The summed E-state index contributed by atoms with van der Waals surface area (Å²) in [6, 6.07) is 8.08. The van der Waals surface area contributed by atoms with Crippen molar-refractivity contribution in [3.63, 3.8) is 0 Å². The minimum atomic E-state index is 0.0474. The van der Waals surface area contributed by atoms with Gasteiger partial charge in [-0.1, -0.05) is 26.0 Å². The van der Waals surface area contributed by atoms with Gasteiger partial charge in [0.15, 0.2) is 0 Å². The second kappa shape index (κ2) is 5.34. The molecule has 3 rings (SSSR count). The SMILES string of the molecule is C[C@H]1CN2CCN(C=O)C[C@H]2C[C@@]1(C)c1cccc(O)c1. The summed E-state index contributed by atoms with van der Waals surface area (Å²) in [7, 11) is 0. The number of hydrogen-bond donors (Lipinski definition) is 1. The van der Waals surface area contributed by atoms with Crippen LogP contribution in [-0.2, 0) is 10.2 Å². The Morgan fingerprint density at radius 2 is 2.14 bits per heavy atom. The number of benzene rings is 1. The number of nitrogens with zero attached hydrogens (tertiary/aromatic N) is 2. The van der Waals surface area contributed by atoms with Crippen molar-refractivity contribution in [3.05, 3.63) is 29.8 Å². The smallest absolute Gasteiger partial charge is 0.209 e. The number of phenolic OH excluding ortho intramolecular Hbond substituents is 1. The first kappa shape index (κ1) is 14.4. The van der Waals surface area contributed by atoms with E-state index in [1.807, 2.05) is 17.0 Å². The van der Waals surface area contributed by atoms with Crippen LogP contribution in [-0.4, -0.2) is 53.5 Å². The minimum Gasteiger partial charge on any atom is -0.508 e. The zero-order chi connectivity index (χ0) is 15.0. The predicted molar refractivity (Wildman–Crippen MR) is 82.2 cm³/mol. The van der Waals surface area contributed by atoms with Gasteiger partial charge in [0.25, 0.3) is 0 Å². The molecular weight excluding hydrogens is 264 g/mol. The number of piperazine rings is 1. The van der Waals surface area contributed by atoms with E-state index in [1.165, 1.54) is 5.56 Å². The van der Waals surface area contributed by atoms with Gasteiger partial charge in [0, 0.05) is 32.2 Å². The summed E-state index contributed by atoms with van der Waals surface area (Å²) in [5.41, 5.74) is 1.25. The third-order valence-corrected chi connectivity index (χ3v) is 5.55. The molecule has 1 aromatic rings. The van der Waals surface area contributed by atoms with E-state index in [0.717, 1.165) is 39.0 Å². The molecule has 1 N–H and O–H groups in total. The zero-order valence-corrected chi connectivity index (χ0v) is 12.8. The quantitative estimate of drug-likeness (QED) is 0.844. The number of amides is 1. The number of fused-ring (bicyclic) bond motifs is 1. The first-order valence-corrected chi connectivity index (χ1v) is 7.76. The summed E-state index contributed by atoms with van der Waals surface area (Å²) >= 11 is 0. The van der Waals surface area contributed by atoms with Crippen molar-refractivity contribution in [2.45, 2.75) is 31.7 Å². The Morgan fingerprint density at radius 1 is 1.33 bits per heavy atom. The van der Waals surface area contributed by atoms with Crippen LogP contribution in [0, 0.1) is 5.92 Å². The zero-order valence-electron chi connectivity index (χ0n) is 12.8. The van der Waals surface area contributed by atoms with Crippen LogP contribution in [0.4, 0.5) is 0 Å². The average Bonchev–Trinajstić information content (AvgIpc) is 2.48. The molecule has 4 heteroatoms. The number of carbonyl (C=O) groups excluding carboxylic acids is 1. The molecule has 0 spiro atoms. The summed E-state index contributed by atoms with van der Waals surface area (Å²) in [5, 5.41) is 9.79. The van der Waals surface area contributed by atoms with E-state index in [0.29, 0.717) is 17.7 Å². The highest BCUT2D eigenvalue weighted by atomic mass is 16.3. The number of carbonyl (C=O) groups is 1. The van der Waals surface area contributed by atoms with E-state index in [2.05, 4.69) is 24.8 Å². The Balaban J connectivity index is 1.87. The van der Waals surface area contributed by atoms with Crippen molar-refractivity contribution in [2.24, 2.45) is 5.92 Å². The lowest BCUT2D eigenvalue weighted by Crippen LogP contribution is -2.60. The van der Waals surface area contributed by atoms with Crippen LogP contribution < -0.4 is 0 Å². The van der Waals surface area contributed by atoms with Gasteiger partial charge in [0.1, 0.15) is 5.75 Å². The first-order chi connectivity index (χ1) is 10.0. The van der Waals surface area contributed by atoms with Crippen molar-refractivity contribution in [1.82, 2.24) is 9.80 Å². The van der Waals surface area contributed by atoms with Gasteiger partial charge >= 0.3 is 0 Å². The highest BCUT2D eigenvalue weighted by molar-refractivity contribution is 5.47. The summed E-state index contributed by atoms with van der Waals surface area (Å²) in [6.07, 6.45) is 2.00. The fourth-order valence-corrected chi connectivity index (χ4v) is 3.95. The molecule has 21 heavy (non-hydrogen) atoms. The number of aromatic hydroxyl groups is 1. The minimum absolute atomic E-state index is 0.0474. The van der Waals surface area contributed by atoms with Gasteiger partial charge in [-0.25, -0.2) is 0 Å². The second-order valence-electron chi connectivity index (χ2n) is 6.82. The Morgan fingerprint density at radius 3 is 2.86 bits per heavy atom. The number of phenols is 1. The van der Waals surface area contributed by atoms with Crippen LogP contribution >= 0.6 is 0 Å². The van der Waals surface area contributed by atoms with Crippen LogP contribution in [0.2, 0.25) is 0 Å². The molecule has 2 saturated heterocycles. The van der Waals surface area contributed by atoms with Gasteiger partial charge in [-0.15, -0.1) is 0 Å². The molecule has 2 aliphatic heterocycles. The lowest BCUT2D eigenvalue weighted by Gasteiger charge is -2.52. The molecule has 0 aliphatic carbocycles. The highest BCUT2D eigenvalue weighted by Crippen LogP contribution is 2.43. The van der Waals surface area contributed by atoms with Gasteiger partial charge in [-0.05, 0) is 35.4 Å². The van der Waals surface area contributed by atoms with Crippen molar-refractivity contribution in [1.29, 1.82) is 0 Å². The largest absolute Gasteiger partial charge is 0.508 e. The lowest BCUT2D eigenvalue weighted by molar-refractivity contribution is -0.122. The van der Waals surface area contributed by atoms with Crippen molar-refractivity contribution in [2.75, 3.05) is 26.2 Å². The fourth-order valence-electron chi connectivity index (χ4n) is 3.95. The van der Waals surface area contributed by atoms with Gasteiger partial charge in [0.05, 0.1) is 0 Å². The van der Waals surface area contributed by atoms with Crippen LogP contribution in [0.3, 0.4) is 0 Å². The number of piperidine rings is 1. The lowest BCUT2D eigenvalue weighted by atomic mass is 9.65. The monoisotopic (exact) mass is 288 g/mol. The van der Waals surface area contributed by atoms with E-state index in [9.17, 15) is 9.90 Å². The molecule has 0 bridgehead atoms. The first-order valence-electron chi connectivity index (χ1n) is 7.76. The van der Waals surface area contributed by atoms with E-state index in [4.69, 9.17) is 0 Å². The molecule has 0 aromatic heterocycles. The maximum Gasteiger partial charge on any atom is 0.209 e. The highest BCUT2D eigenvalue weighted by Gasteiger charge is 2.44. The van der Waals surface area contributed by atoms with Gasteiger partial charge in [-0.2, -0.15) is 0 Å². The molecule has 0 saturated carbocycles. The van der Waals surface area contributed by atoms with Gasteiger partial charge < -0.3 is 10.0 Å². The summed E-state index contributed by atoms with van der Waals surface area (Å²) in [4.78, 5) is 15.5. The fraction of sp³-hybridized carbons (Fsp3) is 0.588. The molecule has 0 unspecified atom stereocenters. The third kappa shape index (κ3) is 2.53. The molecule has 114 valence electrons.